The smallest absolute Gasteiger partial charge is 0.0765 e. The Hall–Kier alpha value is -1.06. The summed E-state index contributed by atoms with van der Waals surface area (Å²) in [6.45, 7) is 9.35. The van der Waals surface area contributed by atoms with Gasteiger partial charge in [0.25, 0.3) is 0 Å². The minimum absolute atomic E-state index is 0.114. The van der Waals surface area contributed by atoms with Crippen molar-refractivity contribution in [2.45, 2.75) is 45.8 Å². The molecule has 102 valence electrons. The van der Waals surface area contributed by atoms with Crippen LogP contribution in [0.2, 0.25) is 0 Å². The minimum atomic E-state index is -0.686. The van der Waals surface area contributed by atoms with E-state index < -0.39 is 5.60 Å². The molecule has 0 heterocycles. The van der Waals surface area contributed by atoms with Gasteiger partial charge in [0.2, 0.25) is 0 Å². The fourth-order valence-electron chi connectivity index (χ4n) is 2.02. The van der Waals surface area contributed by atoms with Crippen LogP contribution in [0.15, 0.2) is 24.3 Å². The first-order chi connectivity index (χ1) is 8.37. The third kappa shape index (κ3) is 4.31. The number of rotatable bonds is 6. The van der Waals surface area contributed by atoms with Crippen molar-refractivity contribution in [2.24, 2.45) is 5.73 Å². The molecule has 1 atom stereocenters. The summed E-state index contributed by atoms with van der Waals surface area (Å²) in [4.78, 5) is 2.17. The third-order valence-electron chi connectivity index (χ3n) is 3.09. The van der Waals surface area contributed by atoms with Crippen LogP contribution in [-0.4, -0.2) is 23.8 Å². The van der Waals surface area contributed by atoms with Crippen molar-refractivity contribution in [1.82, 2.24) is 0 Å². The Kier molecular flexibility index (Phi) is 5.17. The molecule has 1 aromatic carbocycles. The number of hydrogen-bond acceptors (Lipinski definition) is 3. The first kappa shape index (κ1) is 15.0. The number of nitrogens with two attached hydrogens (primary N) is 1. The van der Waals surface area contributed by atoms with E-state index in [4.69, 9.17) is 5.73 Å². The van der Waals surface area contributed by atoms with Crippen LogP contribution in [0, 0.1) is 0 Å². The summed E-state index contributed by atoms with van der Waals surface area (Å²) in [6.07, 6.45) is 0.945. The number of aliphatic hydroxyl groups is 1. The van der Waals surface area contributed by atoms with Gasteiger partial charge in [-0.05, 0) is 44.9 Å². The zero-order chi connectivity index (χ0) is 13.8. The number of benzene rings is 1. The molecule has 0 amide bonds. The molecule has 1 rings (SSSR count). The van der Waals surface area contributed by atoms with Gasteiger partial charge < -0.3 is 15.7 Å². The monoisotopic (exact) mass is 250 g/mol. The van der Waals surface area contributed by atoms with E-state index in [1.807, 2.05) is 13.8 Å². The van der Waals surface area contributed by atoms with Gasteiger partial charge in [0.05, 0.1) is 5.60 Å². The highest BCUT2D eigenvalue weighted by atomic mass is 16.3. The second-order valence-corrected chi connectivity index (χ2v) is 5.43. The Morgan fingerprint density at radius 3 is 2.17 bits per heavy atom. The van der Waals surface area contributed by atoms with E-state index in [1.165, 1.54) is 5.56 Å². The lowest BCUT2D eigenvalue weighted by atomic mass is 10.0. The molecule has 0 aromatic heterocycles. The van der Waals surface area contributed by atoms with E-state index in [1.54, 1.807) is 0 Å². The molecule has 3 nitrogen and oxygen atoms in total. The topological polar surface area (TPSA) is 49.5 Å². The largest absolute Gasteiger partial charge is 0.389 e. The Morgan fingerprint density at radius 2 is 1.78 bits per heavy atom. The van der Waals surface area contributed by atoms with Crippen LogP contribution in [-0.2, 0) is 0 Å². The molecule has 0 unspecified atom stereocenters. The maximum atomic E-state index is 9.90. The fraction of sp³-hybridized carbons (Fsp3) is 0.600. The van der Waals surface area contributed by atoms with E-state index in [9.17, 15) is 5.11 Å². The molecular weight excluding hydrogens is 224 g/mol. The second-order valence-electron chi connectivity index (χ2n) is 5.43. The Bertz CT molecular complexity index is 354. The summed E-state index contributed by atoms with van der Waals surface area (Å²) in [5.74, 6) is 0. The molecule has 0 saturated heterocycles. The van der Waals surface area contributed by atoms with Crippen molar-refractivity contribution in [1.29, 1.82) is 0 Å². The fourth-order valence-corrected chi connectivity index (χ4v) is 2.02. The highest BCUT2D eigenvalue weighted by molar-refractivity contribution is 5.48. The van der Waals surface area contributed by atoms with Crippen molar-refractivity contribution in [3.8, 4) is 0 Å². The Labute approximate surface area is 111 Å². The standard InChI is InChI=1S/C15H26N2O/c1-5-14(16)12-7-9-13(10-8-12)17(6-2)11-15(3,4)18/h7-10,14,18H,5-6,11,16H2,1-4H3/t14-/m0/s1. The van der Waals surface area contributed by atoms with E-state index in [0.717, 1.165) is 18.7 Å². The average Bonchev–Trinajstić information content (AvgIpc) is 2.34. The first-order valence-corrected chi connectivity index (χ1v) is 6.70. The predicted octanol–water partition coefficient (Wildman–Crippen LogP) is 2.69. The van der Waals surface area contributed by atoms with Gasteiger partial charge in [0.15, 0.2) is 0 Å². The van der Waals surface area contributed by atoms with Crippen LogP contribution >= 0.6 is 0 Å². The molecule has 1 aromatic rings. The molecule has 0 bridgehead atoms. The number of likely N-dealkylation sites (N-methyl/N-ethyl adjacent to an activating group) is 1. The zero-order valence-corrected chi connectivity index (χ0v) is 12.0. The van der Waals surface area contributed by atoms with E-state index in [-0.39, 0.29) is 6.04 Å². The molecule has 0 aliphatic heterocycles. The van der Waals surface area contributed by atoms with Crippen LogP contribution in [0.4, 0.5) is 5.69 Å². The molecule has 3 heteroatoms. The maximum Gasteiger partial charge on any atom is 0.0765 e. The van der Waals surface area contributed by atoms with Gasteiger partial charge in [-0.15, -0.1) is 0 Å². The summed E-state index contributed by atoms with van der Waals surface area (Å²) >= 11 is 0. The van der Waals surface area contributed by atoms with Crippen molar-refractivity contribution >= 4 is 5.69 Å². The molecule has 0 spiro atoms. The quantitative estimate of drug-likeness (QED) is 0.816. The van der Waals surface area contributed by atoms with E-state index in [2.05, 4.69) is 43.0 Å². The minimum Gasteiger partial charge on any atom is -0.389 e. The van der Waals surface area contributed by atoms with Crippen LogP contribution < -0.4 is 10.6 Å². The molecule has 0 fully saturated rings. The molecule has 18 heavy (non-hydrogen) atoms. The van der Waals surface area contributed by atoms with E-state index in [0.29, 0.717) is 6.54 Å². The summed E-state index contributed by atoms with van der Waals surface area (Å²) < 4.78 is 0. The molecule has 0 saturated carbocycles. The maximum absolute atomic E-state index is 9.90. The Balaban J connectivity index is 2.82. The summed E-state index contributed by atoms with van der Waals surface area (Å²) in [5, 5.41) is 9.90. The van der Waals surface area contributed by atoms with Gasteiger partial charge in [-0.2, -0.15) is 0 Å². The summed E-state index contributed by atoms with van der Waals surface area (Å²) in [6, 6.07) is 8.44. The van der Waals surface area contributed by atoms with Gasteiger partial charge >= 0.3 is 0 Å². The van der Waals surface area contributed by atoms with Gasteiger partial charge in [-0.25, -0.2) is 0 Å². The normalized spacial score (nSPS) is 13.4. The van der Waals surface area contributed by atoms with Gasteiger partial charge in [0, 0.05) is 24.8 Å². The third-order valence-corrected chi connectivity index (χ3v) is 3.09. The molecular formula is C15H26N2O. The SMILES string of the molecule is CC[C@H](N)c1ccc(N(CC)CC(C)(C)O)cc1. The average molecular weight is 250 g/mol. The van der Waals surface area contributed by atoms with Crippen molar-refractivity contribution in [3.63, 3.8) is 0 Å². The summed E-state index contributed by atoms with van der Waals surface area (Å²) in [7, 11) is 0. The first-order valence-electron chi connectivity index (χ1n) is 6.70. The lowest BCUT2D eigenvalue weighted by molar-refractivity contribution is 0.0876. The lowest BCUT2D eigenvalue weighted by Crippen LogP contribution is -2.38. The van der Waals surface area contributed by atoms with Crippen LogP contribution in [0.5, 0.6) is 0 Å². The second kappa shape index (κ2) is 6.21. The van der Waals surface area contributed by atoms with Crippen LogP contribution in [0.3, 0.4) is 0 Å². The van der Waals surface area contributed by atoms with Gasteiger partial charge in [0.1, 0.15) is 0 Å². The van der Waals surface area contributed by atoms with Crippen LogP contribution in [0.25, 0.3) is 0 Å². The molecule has 0 radical (unpaired) electrons. The van der Waals surface area contributed by atoms with Gasteiger partial charge in [-0.1, -0.05) is 19.1 Å². The highest BCUT2D eigenvalue weighted by Crippen LogP contribution is 2.21. The lowest BCUT2D eigenvalue weighted by Gasteiger charge is -2.30. The van der Waals surface area contributed by atoms with Crippen molar-refractivity contribution < 1.29 is 5.11 Å². The van der Waals surface area contributed by atoms with Crippen molar-refractivity contribution in [2.75, 3.05) is 18.0 Å². The van der Waals surface area contributed by atoms with Crippen molar-refractivity contribution in [3.05, 3.63) is 29.8 Å². The molecule has 3 N–H and O–H groups in total. The van der Waals surface area contributed by atoms with Crippen LogP contribution in [0.1, 0.15) is 45.7 Å². The number of nitrogens with zero attached hydrogens (tertiary/aromatic N) is 1. The Morgan fingerprint density at radius 1 is 1.22 bits per heavy atom. The van der Waals surface area contributed by atoms with Gasteiger partial charge in [-0.3, -0.25) is 0 Å². The highest BCUT2D eigenvalue weighted by Gasteiger charge is 2.17. The zero-order valence-electron chi connectivity index (χ0n) is 12.0. The van der Waals surface area contributed by atoms with E-state index >= 15 is 0 Å². The number of hydrogen-bond donors (Lipinski definition) is 2. The predicted molar refractivity (Wildman–Crippen MR) is 77.8 cm³/mol. The molecule has 0 aliphatic rings. The summed E-state index contributed by atoms with van der Waals surface area (Å²) in [5.41, 5.74) is 7.61. The number of anilines is 1. The molecule has 0 aliphatic carbocycles.